The Morgan fingerprint density at radius 1 is 1.00 bits per heavy atom. The average Bonchev–Trinajstić information content (AvgIpc) is 2.72. The number of hydrogen-bond donors (Lipinski definition) is 2. The molecule has 1 aliphatic rings. The summed E-state index contributed by atoms with van der Waals surface area (Å²) in [5, 5.41) is 5.79. The molecule has 2 N–H and O–H groups in total. The monoisotopic (exact) mass is 471 g/mol. The van der Waals surface area contributed by atoms with Crippen LogP contribution in [-0.4, -0.2) is 43.2 Å². The van der Waals surface area contributed by atoms with Crippen LogP contribution in [0.4, 0.5) is 5.69 Å². The van der Waals surface area contributed by atoms with Crippen molar-refractivity contribution in [3.8, 4) is 0 Å². The number of nitrogens with zero attached hydrogens (tertiary/aromatic N) is 1. The highest BCUT2D eigenvalue weighted by molar-refractivity contribution is 7.89. The van der Waals surface area contributed by atoms with Gasteiger partial charge >= 0.3 is 0 Å². The fraction of sp³-hybridized carbons (Fsp3) is 0.440. The van der Waals surface area contributed by atoms with Gasteiger partial charge in [0.2, 0.25) is 15.9 Å². The minimum absolute atomic E-state index is 0.199. The van der Waals surface area contributed by atoms with E-state index in [9.17, 15) is 18.0 Å². The Balaban J connectivity index is 1.67. The summed E-state index contributed by atoms with van der Waals surface area (Å²) in [6, 6.07) is 12.2. The minimum atomic E-state index is -3.60. The highest BCUT2D eigenvalue weighted by atomic mass is 32.2. The van der Waals surface area contributed by atoms with E-state index < -0.39 is 15.6 Å². The van der Waals surface area contributed by atoms with Crippen molar-refractivity contribution in [3.63, 3.8) is 0 Å². The third-order valence-electron chi connectivity index (χ3n) is 5.69. The van der Waals surface area contributed by atoms with Crippen LogP contribution in [0.3, 0.4) is 0 Å². The fourth-order valence-electron chi connectivity index (χ4n) is 4.02. The smallest absolute Gasteiger partial charge is 0.253 e. The second kappa shape index (κ2) is 9.65. The molecule has 0 aromatic heterocycles. The Morgan fingerprint density at radius 3 is 2.24 bits per heavy atom. The summed E-state index contributed by atoms with van der Waals surface area (Å²) in [6.45, 7) is 9.97. The standard InChI is InChI=1S/C25H33N3O4S/c1-17-10-11-22(18(2)16-17)33(31,32)28-14-12-19(13-15-28)23(29)26-21-9-7-6-8-20(21)24(30)27-25(3,4)5/h6-11,16,19H,12-15H2,1-5H3,(H,26,29)(H,27,30). The molecule has 1 saturated heterocycles. The molecule has 3 rings (SSSR count). The lowest BCUT2D eigenvalue weighted by Gasteiger charge is -2.31. The summed E-state index contributed by atoms with van der Waals surface area (Å²) in [7, 11) is -3.60. The minimum Gasteiger partial charge on any atom is -0.347 e. The number of hydrogen-bond acceptors (Lipinski definition) is 4. The molecule has 33 heavy (non-hydrogen) atoms. The van der Waals surface area contributed by atoms with Crippen molar-refractivity contribution >= 4 is 27.5 Å². The molecule has 0 bridgehead atoms. The highest BCUT2D eigenvalue weighted by Gasteiger charge is 2.33. The summed E-state index contributed by atoms with van der Waals surface area (Å²) in [5.41, 5.74) is 2.19. The predicted molar refractivity (Wildman–Crippen MR) is 130 cm³/mol. The van der Waals surface area contributed by atoms with Gasteiger partial charge in [-0.15, -0.1) is 0 Å². The van der Waals surface area contributed by atoms with E-state index in [0.29, 0.717) is 29.0 Å². The first-order valence-electron chi connectivity index (χ1n) is 11.2. The van der Waals surface area contributed by atoms with Gasteiger partial charge in [-0.2, -0.15) is 4.31 Å². The van der Waals surface area contributed by atoms with Gasteiger partial charge in [-0.05, 0) is 71.2 Å². The van der Waals surface area contributed by atoms with Crippen molar-refractivity contribution in [1.82, 2.24) is 9.62 Å². The number of rotatable bonds is 5. The number of carbonyl (C=O) groups is 2. The first kappa shape index (κ1) is 24.9. The lowest BCUT2D eigenvalue weighted by molar-refractivity contribution is -0.120. The number of para-hydroxylation sites is 1. The number of amides is 2. The van der Waals surface area contributed by atoms with Gasteiger partial charge in [-0.1, -0.05) is 29.8 Å². The number of piperidine rings is 1. The molecule has 2 amide bonds. The van der Waals surface area contributed by atoms with E-state index in [1.54, 1.807) is 43.3 Å². The second-order valence-electron chi connectivity index (χ2n) is 9.69. The van der Waals surface area contributed by atoms with E-state index in [4.69, 9.17) is 0 Å². The first-order chi connectivity index (χ1) is 15.4. The van der Waals surface area contributed by atoms with Crippen LogP contribution in [0.25, 0.3) is 0 Å². The quantitative estimate of drug-likeness (QED) is 0.692. The molecule has 7 nitrogen and oxygen atoms in total. The maximum atomic E-state index is 13.1. The van der Waals surface area contributed by atoms with Crippen molar-refractivity contribution in [2.75, 3.05) is 18.4 Å². The Morgan fingerprint density at radius 2 is 1.64 bits per heavy atom. The molecule has 0 spiro atoms. The van der Waals surface area contributed by atoms with E-state index in [2.05, 4.69) is 10.6 Å². The summed E-state index contributed by atoms with van der Waals surface area (Å²) >= 11 is 0. The second-order valence-corrected chi connectivity index (χ2v) is 11.6. The van der Waals surface area contributed by atoms with E-state index >= 15 is 0 Å². The van der Waals surface area contributed by atoms with Gasteiger partial charge in [-0.3, -0.25) is 9.59 Å². The van der Waals surface area contributed by atoms with Gasteiger partial charge in [0.05, 0.1) is 16.1 Å². The molecular formula is C25H33N3O4S. The third-order valence-corrected chi connectivity index (χ3v) is 7.75. The molecule has 0 radical (unpaired) electrons. The first-order valence-corrected chi connectivity index (χ1v) is 12.6. The Bertz CT molecular complexity index is 1140. The molecule has 2 aromatic rings. The van der Waals surface area contributed by atoms with Gasteiger partial charge in [0.25, 0.3) is 5.91 Å². The number of nitrogens with one attached hydrogen (secondary N) is 2. The van der Waals surface area contributed by atoms with Crippen LogP contribution in [0, 0.1) is 19.8 Å². The van der Waals surface area contributed by atoms with Crippen LogP contribution in [0.5, 0.6) is 0 Å². The molecule has 1 aliphatic heterocycles. The Hall–Kier alpha value is -2.71. The molecule has 2 aromatic carbocycles. The fourth-order valence-corrected chi connectivity index (χ4v) is 5.69. The largest absolute Gasteiger partial charge is 0.347 e. The average molecular weight is 472 g/mol. The van der Waals surface area contributed by atoms with Gasteiger partial charge in [-0.25, -0.2) is 8.42 Å². The normalized spacial score (nSPS) is 15.8. The zero-order chi connectivity index (χ0) is 24.4. The van der Waals surface area contributed by atoms with Crippen molar-refractivity contribution in [3.05, 3.63) is 59.2 Å². The van der Waals surface area contributed by atoms with Crippen molar-refractivity contribution < 1.29 is 18.0 Å². The molecule has 0 aliphatic carbocycles. The summed E-state index contributed by atoms with van der Waals surface area (Å²) in [4.78, 5) is 25.9. The van der Waals surface area contributed by atoms with E-state index in [0.717, 1.165) is 11.1 Å². The van der Waals surface area contributed by atoms with Crippen molar-refractivity contribution in [1.29, 1.82) is 0 Å². The molecule has 0 unspecified atom stereocenters. The molecule has 0 saturated carbocycles. The van der Waals surface area contributed by atoms with Crippen LogP contribution in [-0.2, 0) is 14.8 Å². The van der Waals surface area contributed by atoms with Gasteiger partial charge in [0.15, 0.2) is 0 Å². The summed E-state index contributed by atoms with van der Waals surface area (Å²) in [6.07, 6.45) is 0.846. The highest BCUT2D eigenvalue weighted by Crippen LogP contribution is 2.27. The predicted octanol–water partition coefficient (Wildman–Crippen LogP) is 3.87. The van der Waals surface area contributed by atoms with Crippen LogP contribution in [0.15, 0.2) is 47.4 Å². The number of carbonyl (C=O) groups excluding carboxylic acids is 2. The molecule has 0 atom stereocenters. The number of sulfonamides is 1. The number of anilines is 1. The number of aryl methyl sites for hydroxylation is 2. The maximum Gasteiger partial charge on any atom is 0.253 e. The van der Waals surface area contributed by atoms with Crippen LogP contribution in [0.2, 0.25) is 0 Å². The molecule has 1 fully saturated rings. The van der Waals surface area contributed by atoms with Gasteiger partial charge in [0, 0.05) is 24.5 Å². The Kier molecular flexibility index (Phi) is 7.29. The summed E-state index contributed by atoms with van der Waals surface area (Å²) in [5.74, 6) is -0.781. The Labute approximate surface area is 196 Å². The molecular weight excluding hydrogens is 438 g/mol. The SMILES string of the molecule is Cc1ccc(S(=O)(=O)N2CCC(C(=O)Nc3ccccc3C(=O)NC(C)(C)C)CC2)c(C)c1. The molecule has 178 valence electrons. The zero-order valence-corrected chi connectivity index (χ0v) is 20.8. The van der Waals surface area contributed by atoms with E-state index in [1.165, 1.54) is 4.31 Å². The maximum absolute atomic E-state index is 13.1. The zero-order valence-electron chi connectivity index (χ0n) is 19.9. The lowest BCUT2D eigenvalue weighted by atomic mass is 9.97. The number of benzene rings is 2. The van der Waals surface area contributed by atoms with Gasteiger partial charge in [0.1, 0.15) is 0 Å². The summed E-state index contributed by atoms with van der Waals surface area (Å²) < 4.78 is 27.7. The third kappa shape index (κ3) is 6.00. The van der Waals surface area contributed by atoms with Crippen LogP contribution < -0.4 is 10.6 Å². The van der Waals surface area contributed by atoms with Crippen molar-refractivity contribution in [2.45, 2.75) is 57.9 Å². The molecule has 8 heteroatoms. The topological polar surface area (TPSA) is 95.6 Å². The van der Waals surface area contributed by atoms with Gasteiger partial charge < -0.3 is 10.6 Å². The van der Waals surface area contributed by atoms with Crippen LogP contribution in [0.1, 0.15) is 55.1 Å². The lowest BCUT2D eigenvalue weighted by Crippen LogP contribution is -2.42. The van der Waals surface area contributed by atoms with E-state index in [-0.39, 0.29) is 30.8 Å². The molecule has 1 heterocycles. The van der Waals surface area contributed by atoms with Crippen LogP contribution >= 0.6 is 0 Å². The van der Waals surface area contributed by atoms with E-state index in [1.807, 2.05) is 33.8 Å². The van der Waals surface area contributed by atoms with Crippen molar-refractivity contribution in [2.24, 2.45) is 5.92 Å².